The minimum Gasteiger partial charge on any atom is -0.467 e. The summed E-state index contributed by atoms with van der Waals surface area (Å²) in [5.74, 6) is -1.31. The van der Waals surface area contributed by atoms with E-state index in [0.29, 0.717) is 31.8 Å². The third-order valence-electron chi connectivity index (χ3n) is 7.74. The molecule has 0 aliphatic carbocycles. The summed E-state index contributed by atoms with van der Waals surface area (Å²) >= 11 is 0. The first kappa shape index (κ1) is 32.1. The zero-order valence-electron chi connectivity index (χ0n) is 25.1. The van der Waals surface area contributed by atoms with Gasteiger partial charge in [-0.1, -0.05) is 51.1 Å². The third-order valence-corrected chi connectivity index (χ3v) is 7.74. The molecule has 43 heavy (non-hydrogen) atoms. The number of methoxy groups -OCH3 is 1. The van der Waals surface area contributed by atoms with Crippen LogP contribution in [-0.4, -0.2) is 70.3 Å². The number of hydrogen-bond acceptors (Lipinski definition) is 5. The van der Waals surface area contributed by atoms with Crippen molar-refractivity contribution in [3.63, 3.8) is 0 Å². The average molecular weight is 600 g/mol. The molecule has 2 amide bonds. The lowest BCUT2D eigenvalue weighted by Crippen LogP contribution is -2.52. The van der Waals surface area contributed by atoms with Gasteiger partial charge in [-0.25, -0.2) is 27.7 Å². The summed E-state index contributed by atoms with van der Waals surface area (Å²) in [7, 11) is 1.28. The number of hydrogen-bond donors (Lipinski definition) is 1. The van der Waals surface area contributed by atoms with E-state index in [9.17, 15) is 22.8 Å². The average Bonchev–Trinajstić information content (AvgIpc) is 3.63. The van der Waals surface area contributed by atoms with Crippen LogP contribution in [0.4, 0.5) is 18.0 Å². The fourth-order valence-electron chi connectivity index (χ4n) is 5.63. The number of rotatable bonds is 10. The van der Waals surface area contributed by atoms with Crippen molar-refractivity contribution in [2.45, 2.75) is 64.7 Å². The summed E-state index contributed by atoms with van der Waals surface area (Å²) in [5, 5.41) is 0. The van der Waals surface area contributed by atoms with E-state index < -0.39 is 53.8 Å². The summed E-state index contributed by atoms with van der Waals surface area (Å²) in [6, 6.07) is 10.1. The highest BCUT2D eigenvalue weighted by Gasteiger charge is 2.43. The predicted molar refractivity (Wildman–Crippen MR) is 158 cm³/mol. The van der Waals surface area contributed by atoms with Crippen LogP contribution in [0, 0.1) is 17.0 Å². The van der Waals surface area contributed by atoms with Crippen LogP contribution in [0.2, 0.25) is 0 Å². The Kier molecular flexibility index (Phi) is 10.2. The first-order valence-electron chi connectivity index (χ1n) is 14.5. The SMILES string of the molecule is COC(=O)[C@@H]1CCCN1C(=O)N(CCC(N)CF)[C@@H](c1nc(-c2cc(F)ccc2F)cn1Cc1ccccc1)C(C)(C)C. The monoisotopic (exact) mass is 599 g/mol. The number of carbonyl (C=O) groups excluding carboxylic acids is 2. The lowest BCUT2D eigenvalue weighted by atomic mass is 9.84. The smallest absolute Gasteiger partial charge is 0.328 e. The van der Waals surface area contributed by atoms with Crippen LogP contribution in [-0.2, 0) is 16.1 Å². The van der Waals surface area contributed by atoms with Crippen molar-refractivity contribution in [2.24, 2.45) is 11.1 Å². The number of benzene rings is 2. The molecule has 0 saturated carbocycles. The Labute approximate surface area is 250 Å². The molecular formula is C32H40F3N5O3. The molecule has 8 nitrogen and oxygen atoms in total. The van der Waals surface area contributed by atoms with Gasteiger partial charge in [-0.3, -0.25) is 0 Å². The second-order valence-corrected chi connectivity index (χ2v) is 12.0. The number of ether oxygens (including phenoxy) is 1. The quantitative estimate of drug-likeness (QED) is 0.302. The largest absolute Gasteiger partial charge is 0.467 e. The Bertz CT molecular complexity index is 1410. The van der Waals surface area contributed by atoms with E-state index in [1.54, 1.807) is 11.1 Å². The molecule has 1 fully saturated rings. The Morgan fingerprint density at radius 1 is 1.16 bits per heavy atom. The summed E-state index contributed by atoms with van der Waals surface area (Å²) in [5.41, 5.74) is 6.45. The molecule has 1 aromatic heterocycles. The molecule has 1 aliphatic rings. The number of imidazole rings is 1. The number of aromatic nitrogens is 2. The number of esters is 1. The van der Waals surface area contributed by atoms with Crippen LogP contribution in [0.15, 0.2) is 54.7 Å². The van der Waals surface area contributed by atoms with Crippen molar-refractivity contribution in [2.75, 3.05) is 26.9 Å². The van der Waals surface area contributed by atoms with Gasteiger partial charge in [-0.15, -0.1) is 0 Å². The van der Waals surface area contributed by atoms with Gasteiger partial charge in [0, 0.05) is 37.4 Å². The Morgan fingerprint density at radius 2 is 1.88 bits per heavy atom. The number of likely N-dealkylation sites (tertiary alicyclic amines) is 1. The van der Waals surface area contributed by atoms with Crippen molar-refractivity contribution in [1.29, 1.82) is 0 Å². The van der Waals surface area contributed by atoms with Crippen LogP contribution in [0.1, 0.15) is 57.5 Å². The minimum absolute atomic E-state index is 0.0108. The molecule has 2 N–H and O–H groups in total. The molecule has 2 aromatic carbocycles. The lowest BCUT2D eigenvalue weighted by Gasteiger charge is -2.42. The number of halogens is 3. The van der Waals surface area contributed by atoms with E-state index in [0.717, 1.165) is 23.8 Å². The van der Waals surface area contributed by atoms with Crippen LogP contribution in [0.5, 0.6) is 0 Å². The molecule has 3 aromatic rings. The summed E-state index contributed by atoms with van der Waals surface area (Å²) < 4.78 is 49.5. The first-order chi connectivity index (χ1) is 20.4. The molecule has 0 bridgehead atoms. The molecule has 1 saturated heterocycles. The molecule has 3 atom stereocenters. The van der Waals surface area contributed by atoms with Crippen LogP contribution >= 0.6 is 0 Å². The molecular weight excluding hydrogens is 559 g/mol. The van der Waals surface area contributed by atoms with Gasteiger partial charge in [0.05, 0.1) is 18.8 Å². The molecule has 0 spiro atoms. The Hall–Kier alpha value is -3.86. The highest BCUT2D eigenvalue weighted by molar-refractivity contribution is 5.84. The predicted octanol–water partition coefficient (Wildman–Crippen LogP) is 5.71. The summed E-state index contributed by atoms with van der Waals surface area (Å²) in [4.78, 5) is 34.9. The molecule has 232 valence electrons. The topological polar surface area (TPSA) is 93.7 Å². The molecule has 2 heterocycles. The third kappa shape index (κ3) is 7.38. The number of alkyl halides is 1. The van der Waals surface area contributed by atoms with Crippen LogP contribution < -0.4 is 5.73 Å². The van der Waals surface area contributed by atoms with Gasteiger partial charge < -0.3 is 24.8 Å². The second-order valence-electron chi connectivity index (χ2n) is 12.0. The maximum Gasteiger partial charge on any atom is 0.328 e. The van der Waals surface area contributed by atoms with E-state index >= 15 is 0 Å². The maximum atomic E-state index is 15.0. The van der Waals surface area contributed by atoms with E-state index in [1.165, 1.54) is 12.0 Å². The normalized spacial score (nSPS) is 16.7. The van der Waals surface area contributed by atoms with Crippen LogP contribution in [0.3, 0.4) is 0 Å². The van der Waals surface area contributed by atoms with Gasteiger partial charge in [0.2, 0.25) is 0 Å². The zero-order valence-corrected chi connectivity index (χ0v) is 25.1. The fraction of sp³-hybridized carbons (Fsp3) is 0.469. The molecule has 0 radical (unpaired) electrons. The van der Waals surface area contributed by atoms with Crippen molar-refractivity contribution < 1.29 is 27.5 Å². The van der Waals surface area contributed by atoms with E-state index in [1.807, 2.05) is 55.7 Å². The Morgan fingerprint density at radius 3 is 2.53 bits per heavy atom. The standard InChI is InChI=1S/C32H40F3N5O3/c1-32(2,3)28(40(16-14-23(36)18-33)31(42)39-15-8-11-27(39)30(41)43-4)29-37-26(24-17-22(34)12-13-25(24)35)20-38(29)19-21-9-6-5-7-10-21/h5-7,9-10,12-13,17,20,23,27-28H,8,11,14-16,18-19,36H2,1-4H3/t23?,27-,28-/m0/s1. The first-order valence-corrected chi connectivity index (χ1v) is 14.5. The fourth-order valence-corrected chi connectivity index (χ4v) is 5.63. The molecule has 4 rings (SSSR count). The number of urea groups is 1. The number of amides is 2. The number of carbonyl (C=O) groups is 2. The second kappa shape index (κ2) is 13.6. The summed E-state index contributed by atoms with van der Waals surface area (Å²) in [6.45, 7) is 5.84. The zero-order chi connectivity index (χ0) is 31.3. The van der Waals surface area contributed by atoms with Gasteiger partial charge in [0.15, 0.2) is 0 Å². The highest BCUT2D eigenvalue weighted by atomic mass is 19.1. The van der Waals surface area contributed by atoms with E-state index in [-0.39, 0.29) is 24.2 Å². The van der Waals surface area contributed by atoms with Crippen molar-refractivity contribution in [3.05, 3.63) is 77.8 Å². The molecule has 11 heteroatoms. The van der Waals surface area contributed by atoms with Gasteiger partial charge in [0.25, 0.3) is 0 Å². The highest BCUT2D eigenvalue weighted by Crippen LogP contribution is 2.40. The van der Waals surface area contributed by atoms with Crippen molar-refractivity contribution in [1.82, 2.24) is 19.4 Å². The Balaban J connectivity index is 1.88. The van der Waals surface area contributed by atoms with Crippen molar-refractivity contribution in [3.8, 4) is 11.3 Å². The number of nitrogens with two attached hydrogens (primary N) is 1. The minimum atomic E-state index is -0.799. The van der Waals surface area contributed by atoms with Gasteiger partial charge >= 0.3 is 12.0 Å². The van der Waals surface area contributed by atoms with Gasteiger partial charge in [0.1, 0.15) is 30.2 Å². The van der Waals surface area contributed by atoms with Crippen LogP contribution in [0.25, 0.3) is 11.3 Å². The van der Waals surface area contributed by atoms with Gasteiger partial charge in [-0.05, 0) is 48.4 Å². The van der Waals surface area contributed by atoms with Gasteiger partial charge in [-0.2, -0.15) is 0 Å². The summed E-state index contributed by atoms with van der Waals surface area (Å²) in [6.07, 6.45) is 2.90. The van der Waals surface area contributed by atoms with E-state index in [4.69, 9.17) is 15.5 Å². The molecule has 1 aliphatic heterocycles. The number of nitrogens with zero attached hydrogens (tertiary/aromatic N) is 4. The maximum absolute atomic E-state index is 15.0. The van der Waals surface area contributed by atoms with Crippen molar-refractivity contribution >= 4 is 12.0 Å². The lowest BCUT2D eigenvalue weighted by molar-refractivity contribution is -0.145. The molecule has 1 unspecified atom stereocenters. The van der Waals surface area contributed by atoms with E-state index in [2.05, 4.69) is 0 Å².